The highest BCUT2D eigenvalue weighted by atomic mass is 32.1. The van der Waals surface area contributed by atoms with Crippen molar-refractivity contribution in [3.05, 3.63) is 82.2 Å². The molecular formula is C22H26N4S. The van der Waals surface area contributed by atoms with Crippen LogP contribution in [0, 0.1) is 27.7 Å². The van der Waals surface area contributed by atoms with E-state index in [1.165, 1.54) is 22.3 Å². The molecule has 3 rings (SSSR count). The molecule has 1 aromatic heterocycles. The number of nitrogens with one attached hydrogen (secondary N) is 2. The number of hydrogen-bond acceptors (Lipinski definition) is 2. The molecular weight excluding hydrogens is 352 g/mol. The molecule has 1 heterocycles. The standard InChI is InChI=1S/C22H26N4S/c1-15-10-16(2)12-20(11-15)24-22(27)23-13-21-17(3)25-26(18(21)4)14-19-8-6-5-7-9-19/h5-12H,13-14H2,1-4H3,(H2,23,24,27). The quantitative estimate of drug-likeness (QED) is 0.634. The average molecular weight is 379 g/mol. The monoisotopic (exact) mass is 378 g/mol. The zero-order chi connectivity index (χ0) is 19.4. The molecule has 0 bridgehead atoms. The first-order valence-corrected chi connectivity index (χ1v) is 9.53. The Morgan fingerprint density at radius 1 is 1.00 bits per heavy atom. The molecule has 0 fully saturated rings. The summed E-state index contributed by atoms with van der Waals surface area (Å²) in [7, 11) is 0. The van der Waals surface area contributed by atoms with E-state index >= 15 is 0 Å². The van der Waals surface area contributed by atoms with Gasteiger partial charge in [-0.2, -0.15) is 5.10 Å². The Bertz CT molecular complexity index is 924. The van der Waals surface area contributed by atoms with E-state index in [4.69, 9.17) is 17.3 Å². The molecule has 0 aliphatic heterocycles. The number of rotatable bonds is 5. The Hall–Kier alpha value is -2.66. The summed E-state index contributed by atoms with van der Waals surface area (Å²) in [4.78, 5) is 0. The van der Waals surface area contributed by atoms with Gasteiger partial charge in [-0.15, -0.1) is 0 Å². The van der Waals surface area contributed by atoms with Crippen LogP contribution in [0.2, 0.25) is 0 Å². The lowest BCUT2D eigenvalue weighted by Crippen LogP contribution is -2.28. The Kier molecular flexibility index (Phi) is 5.91. The first-order chi connectivity index (χ1) is 12.9. The van der Waals surface area contributed by atoms with Gasteiger partial charge in [0.1, 0.15) is 0 Å². The molecule has 0 saturated heterocycles. The van der Waals surface area contributed by atoms with Gasteiger partial charge in [0.2, 0.25) is 0 Å². The molecule has 0 saturated carbocycles. The van der Waals surface area contributed by atoms with Crippen molar-refractivity contribution in [1.29, 1.82) is 0 Å². The van der Waals surface area contributed by atoms with Crippen molar-refractivity contribution in [3.63, 3.8) is 0 Å². The van der Waals surface area contributed by atoms with Crippen LogP contribution >= 0.6 is 12.2 Å². The van der Waals surface area contributed by atoms with Crippen molar-refractivity contribution in [2.45, 2.75) is 40.8 Å². The molecule has 140 valence electrons. The summed E-state index contributed by atoms with van der Waals surface area (Å²) in [6.07, 6.45) is 0. The van der Waals surface area contributed by atoms with Gasteiger partial charge in [-0.05, 0) is 68.7 Å². The highest BCUT2D eigenvalue weighted by Gasteiger charge is 2.12. The molecule has 0 spiro atoms. The van der Waals surface area contributed by atoms with Crippen LogP contribution in [0.5, 0.6) is 0 Å². The molecule has 0 atom stereocenters. The van der Waals surface area contributed by atoms with Crippen LogP contribution < -0.4 is 10.6 Å². The molecule has 2 aromatic carbocycles. The van der Waals surface area contributed by atoms with Gasteiger partial charge in [0, 0.05) is 23.5 Å². The third kappa shape index (κ3) is 4.95. The predicted octanol–water partition coefficient (Wildman–Crippen LogP) is 4.65. The van der Waals surface area contributed by atoms with Crippen molar-refractivity contribution >= 4 is 23.0 Å². The fourth-order valence-corrected chi connectivity index (χ4v) is 3.48. The minimum atomic E-state index is 0.620. The molecule has 5 heteroatoms. The van der Waals surface area contributed by atoms with Crippen LogP contribution in [0.1, 0.15) is 33.6 Å². The van der Waals surface area contributed by atoms with Gasteiger partial charge >= 0.3 is 0 Å². The molecule has 0 radical (unpaired) electrons. The maximum atomic E-state index is 5.47. The van der Waals surface area contributed by atoms with E-state index in [9.17, 15) is 0 Å². The maximum absolute atomic E-state index is 5.47. The molecule has 4 nitrogen and oxygen atoms in total. The summed E-state index contributed by atoms with van der Waals surface area (Å²) in [5.74, 6) is 0. The average Bonchev–Trinajstić information content (AvgIpc) is 2.86. The Balaban J connectivity index is 1.64. The van der Waals surface area contributed by atoms with Crippen molar-refractivity contribution in [2.24, 2.45) is 0 Å². The van der Waals surface area contributed by atoms with Crippen LogP contribution in [0.4, 0.5) is 5.69 Å². The number of thiocarbonyl (C=S) groups is 1. The number of anilines is 1. The second-order valence-corrected chi connectivity index (χ2v) is 7.38. The third-order valence-corrected chi connectivity index (χ3v) is 4.86. The van der Waals surface area contributed by atoms with Crippen LogP contribution in [-0.4, -0.2) is 14.9 Å². The smallest absolute Gasteiger partial charge is 0.171 e. The number of aryl methyl sites for hydroxylation is 3. The lowest BCUT2D eigenvalue weighted by Gasteiger charge is -2.12. The second kappa shape index (κ2) is 8.35. The van der Waals surface area contributed by atoms with Crippen LogP contribution in [-0.2, 0) is 13.1 Å². The summed E-state index contributed by atoms with van der Waals surface area (Å²) < 4.78 is 2.06. The zero-order valence-corrected chi connectivity index (χ0v) is 17.2. The Morgan fingerprint density at radius 2 is 1.67 bits per heavy atom. The Labute approximate surface area is 166 Å². The van der Waals surface area contributed by atoms with Gasteiger partial charge in [-0.25, -0.2) is 0 Å². The van der Waals surface area contributed by atoms with Crippen molar-refractivity contribution in [2.75, 3.05) is 5.32 Å². The normalized spacial score (nSPS) is 10.7. The van der Waals surface area contributed by atoms with E-state index in [2.05, 4.69) is 78.6 Å². The minimum absolute atomic E-state index is 0.620. The van der Waals surface area contributed by atoms with Gasteiger partial charge in [0.25, 0.3) is 0 Å². The topological polar surface area (TPSA) is 41.9 Å². The molecule has 2 N–H and O–H groups in total. The molecule has 0 aliphatic carbocycles. The summed E-state index contributed by atoms with van der Waals surface area (Å²) >= 11 is 5.47. The largest absolute Gasteiger partial charge is 0.358 e. The minimum Gasteiger partial charge on any atom is -0.358 e. The molecule has 27 heavy (non-hydrogen) atoms. The van der Waals surface area contributed by atoms with Gasteiger partial charge < -0.3 is 10.6 Å². The number of nitrogens with zero attached hydrogens (tertiary/aromatic N) is 2. The highest BCUT2D eigenvalue weighted by Crippen LogP contribution is 2.16. The van der Waals surface area contributed by atoms with E-state index in [-0.39, 0.29) is 0 Å². The van der Waals surface area contributed by atoms with Gasteiger partial charge in [-0.3, -0.25) is 4.68 Å². The number of benzene rings is 2. The van der Waals surface area contributed by atoms with E-state index in [1.54, 1.807) is 0 Å². The molecule has 3 aromatic rings. The summed E-state index contributed by atoms with van der Waals surface area (Å²) in [6.45, 7) is 9.76. The number of hydrogen-bond donors (Lipinski definition) is 2. The van der Waals surface area contributed by atoms with Crippen molar-refractivity contribution in [3.8, 4) is 0 Å². The molecule has 0 aliphatic rings. The van der Waals surface area contributed by atoms with E-state index in [0.717, 1.165) is 23.6 Å². The van der Waals surface area contributed by atoms with Crippen LogP contribution in [0.3, 0.4) is 0 Å². The van der Waals surface area contributed by atoms with Crippen molar-refractivity contribution in [1.82, 2.24) is 15.1 Å². The molecule has 0 unspecified atom stereocenters. The first kappa shape index (κ1) is 19.1. The third-order valence-electron chi connectivity index (χ3n) is 4.61. The van der Waals surface area contributed by atoms with Crippen molar-refractivity contribution < 1.29 is 0 Å². The van der Waals surface area contributed by atoms with Gasteiger partial charge in [-0.1, -0.05) is 36.4 Å². The molecule has 0 amide bonds. The fourth-order valence-electron chi connectivity index (χ4n) is 3.29. The number of aromatic nitrogens is 2. The summed E-state index contributed by atoms with van der Waals surface area (Å²) in [5.41, 5.74) is 8.08. The summed E-state index contributed by atoms with van der Waals surface area (Å²) in [6, 6.07) is 16.7. The zero-order valence-electron chi connectivity index (χ0n) is 16.3. The highest BCUT2D eigenvalue weighted by molar-refractivity contribution is 7.80. The van der Waals surface area contributed by atoms with Crippen LogP contribution in [0.15, 0.2) is 48.5 Å². The fraction of sp³-hybridized carbons (Fsp3) is 0.273. The first-order valence-electron chi connectivity index (χ1n) is 9.12. The maximum Gasteiger partial charge on any atom is 0.171 e. The van der Waals surface area contributed by atoms with E-state index in [1.807, 2.05) is 13.0 Å². The van der Waals surface area contributed by atoms with Gasteiger partial charge in [0.05, 0.1) is 12.2 Å². The van der Waals surface area contributed by atoms with E-state index < -0.39 is 0 Å². The van der Waals surface area contributed by atoms with E-state index in [0.29, 0.717) is 11.7 Å². The Morgan fingerprint density at radius 3 is 2.33 bits per heavy atom. The predicted molar refractivity (Wildman–Crippen MR) is 116 cm³/mol. The SMILES string of the molecule is Cc1cc(C)cc(NC(=S)NCc2c(C)nn(Cc3ccccc3)c2C)c1. The summed E-state index contributed by atoms with van der Waals surface area (Å²) in [5, 5.41) is 11.9. The van der Waals surface area contributed by atoms with Crippen LogP contribution in [0.25, 0.3) is 0 Å². The lowest BCUT2D eigenvalue weighted by atomic mass is 10.1. The van der Waals surface area contributed by atoms with Gasteiger partial charge in [0.15, 0.2) is 5.11 Å². The lowest BCUT2D eigenvalue weighted by molar-refractivity contribution is 0.657. The second-order valence-electron chi connectivity index (χ2n) is 6.98.